The summed E-state index contributed by atoms with van der Waals surface area (Å²) in [6.45, 7) is 4.92. The molecule has 0 bridgehead atoms. The first-order chi connectivity index (χ1) is 15.4. The fourth-order valence-corrected chi connectivity index (χ4v) is 5.73. The van der Waals surface area contributed by atoms with Crippen LogP contribution in [-0.2, 0) is 21.4 Å². The van der Waals surface area contributed by atoms with Gasteiger partial charge in [0, 0.05) is 30.9 Å². The zero-order chi connectivity index (χ0) is 22.7. The van der Waals surface area contributed by atoms with Gasteiger partial charge in [0.2, 0.25) is 15.9 Å². The number of nitrogens with zero attached hydrogens (tertiary/aromatic N) is 3. The summed E-state index contributed by atoms with van der Waals surface area (Å²) in [6, 6.07) is 18.3. The normalized spacial score (nSPS) is 17.2. The Morgan fingerprint density at radius 2 is 1.72 bits per heavy atom. The number of aryl methyl sites for hydroxylation is 1. The Balaban J connectivity index is 1.43. The summed E-state index contributed by atoms with van der Waals surface area (Å²) in [5, 5.41) is 7.64. The number of rotatable bonds is 6. The third kappa shape index (κ3) is 4.47. The van der Waals surface area contributed by atoms with Gasteiger partial charge < -0.3 is 5.32 Å². The van der Waals surface area contributed by atoms with Gasteiger partial charge in [0.15, 0.2) is 0 Å². The lowest BCUT2D eigenvalue weighted by Crippen LogP contribution is -2.45. The number of carbonyl (C=O) groups excluding carboxylic acids is 1. The van der Waals surface area contributed by atoms with E-state index in [9.17, 15) is 13.2 Å². The van der Waals surface area contributed by atoms with E-state index in [1.165, 1.54) is 4.31 Å². The van der Waals surface area contributed by atoms with Crippen LogP contribution < -0.4 is 5.32 Å². The van der Waals surface area contributed by atoms with Gasteiger partial charge in [-0.05, 0) is 51.0 Å². The number of hydrogen-bond acceptors (Lipinski definition) is 4. The number of amides is 1. The van der Waals surface area contributed by atoms with E-state index in [1.54, 1.807) is 30.3 Å². The summed E-state index contributed by atoms with van der Waals surface area (Å²) in [4.78, 5) is 13.2. The molecule has 1 aliphatic rings. The zero-order valence-electron chi connectivity index (χ0n) is 18.4. The number of piperidine rings is 1. The summed E-state index contributed by atoms with van der Waals surface area (Å²) >= 11 is 0. The van der Waals surface area contributed by atoms with Gasteiger partial charge in [0.1, 0.15) is 0 Å². The van der Waals surface area contributed by atoms with Crippen molar-refractivity contribution < 1.29 is 13.2 Å². The molecule has 1 unspecified atom stereocenters. The van der Waals surface area contributed by atoms with Crippen LogP contribution in [-0.4, -0.2) is 41.5 Å². The maximum Gasteiger partial charge on any atom is 0.243 e. The van der Waals surface area contributed by atoms with Crippen molar-refractivity contribution in [2.75, 3.05) is 13.1 Å². The largest absolute Gasteiger partial charge is 0.352 e. The third-order valence-corrected chi connectivity index (χ3v) is 7.90. The van der Waals surface area contributed by atoms with Crippen LogP contribution in [0.2, 0.25) is 0 Å². The molecule has 4 rings (SSSR count). The fourth-order valence-electron chi connectivity index (χ4n) is 4.19. The lowest BCUT2D eigenvalue weighted by molar-refractivity contribution is -0.126. The molecule has 0 spiro atoms. The van der Waals surface area contributed by atoms with E-state index in [0.717, 1.165) is 22.6 Å². The summed E-state index contributed by atoms with van der Waals surface area (Å²) in [5.74, 6) is -0.490. The highest BCUT2D eigenvalue weighted by molar-refractivity contribution is 7.89. The minimum atomic E-state index is -3.60. The smallest absolute Gasteiger partial charge is 0.243 e. The Kier molecular flexibility index (Phi) is 6.43. The van der Waals surface area contributed by atoms with Gasteiger partial charge in [-0.3, -0.25) is 4.79 Å². The molecule has 2 heterocycles. The van der Waals surface area contributed by atoms with Gasteiger partial charge in [-0.1, -0.05) is 36.4 Å². The van der Waals surface area contributed by atoms with E-state index >= 15 is 0 Å². The molecule has 1 N–H and O–H groups in total. The van der Waals surface area contributed by atoms with E-state index in [1.807, 2.05) is 48.9 Å². The van der Waals surface area contributed by atoms with Gasteiger partial charge in [0.05, 0.1) is 22.2 Å². The average molecular weight is 453 g/mol. The number of hydrogen-bond donors (Lipinski definition) is 1. The number of sulfonamides is 1. The van der Waals surface area contributed by atoms with Crippen molar-refractivity contribution >= 4 is 15.9 Å². The molecular formula is C24H28N4O3S. The molecule has 7 nitrogen and oxygen atoms in total. The Morgan fingerprint density at radius 1 is 1.06 bits per heavy atom. The van der Waals surface area contributed by atoms with E-state index in [4.69, 9.17) is 0 Å². The minimum Gasteiger partial charge on any atom is -0.352 e. The number of benzene rings is 2. The van der Waals surface area contributed by atoms with Gasteiger partial charge in [-0.15, -0.1) is 0 Å². The topological polar surface area (TPSA) is 84.3 Å². The Bertz CT molecular complexity index is 1190. The fraction of sp³-hybridized carbons (Fsp3) is 0.333. The van der Waals surface area contributed by atoms with Crippen LogP contribution in [0.4, 0.5) is 0 Å². The maximum absolute atomic E-state index is 12.9. The first kappa shape index (κ1) is 22.2. The van der Waals surface area contributed by atoms with Crippen molar-refractivity contribution in [1.82, 2.24) is 19.4 Å². The van der Waals surface area contributed by atoms with Crippen LogP contribution in [0.5, 0.6) is 0 Å². The van der Waals surface area contributed by atoms with E-state index < -0.39 is 10.0 Å². The first-order valence-corrected chi connectivity index (χ1v) is 12.3. The van der Waals surface area contributed by atoms with Gasteiger partial charge in [-0.25, -0.2) is 13.1 Å². The highest BCUT2D eigenvalue weighted by Crippen LogP contribution is 2.24. The Hall–Kier alpha value is -2.97. The monoisotopic (exact) mass is 452 g/mol. The van der Waals surface area contributed by atoms with Crippen LogP contribution >= 0.6 is 0 Å². The van der Waals surface area contributed by atoms with Crippen molar-refractivity contribution in [1.29, 1.82) is 0 Å². The first-order valence-electron chi connectivity index (χ1n) is 10.8. The number of carbonyl (C=O) groups is 1. The van der Waals surface area contributed by atoms with Crippen LogP contribution in [0.25, 0.3) is 5.69 Å². The highest BCUT2D eigenvalue weighted by Gasteiger charge is 2.33. The molecule has 8 heteroatoms. The van der Waals surface area contributed by atoms with Crippen LogP contribution in [0.1, 0.15) is 29.8 Å². The predicted octanol–water partition coefficient (Wildman–Crippen LogP) is 3.21. The summed E-state index contributed by atoms with van der Waals surface area (Å²) in [5.41, 5.74) is 3.79. The number of para-hydroxylation sites is 1. The molecule has 0 aliphatic carbocycles. The van der Waals surface area contributed by atoms with Crippen LogP contribution in [0, 0.1) is 19.8 Å². The van der Waals surface area contributed by atoms with E-state index in [2.05, 4.69) is 10.4 Å². The lowest BCUT2D eigenvalue weighted by atomic mass is 9.98. The lowest BCUT2D eigenvalue weighted by Gasteiger charge is -2.31. The molecule has 1 aromatic heterocycles. The molecular weight excluding hydrogens is 424 g/mol. The predicted molar refractivity (Wildman–Crippen MR) is 123 cm³/mol. The number of aromatic nitrogens is 2. The highest BCUT2D eigenvalue weighted by atomic mass is 32.2. The quantitative estimate of drug-likeness (QED) is 0.622. The van der Waals surface area contributed by atoms with Crippen molar-refractivity contribution in [3.05, 3.63) is 77.6 Å². The average Bonchev–Trinajstić information content (AvgIpc) is 3.11. The second-order valence-electron chi connectivity index (χ2n) is 8.13. The molecule has 0 saturated carbocycles. The molecule has 168 valence electrons. The van der Waals surface area contributed by atoms with E-state index in [0.29, 0.717) is 25.9 Å². The second-order valence-corrected chi connectivity index (χ2v) is 10.1. The van der Waals surface area contributed by atoms with Crippen LogP contribution in [0.3, 0.4) is 0 Å². The summed E-state index contributed by atoms with van der Waals surface area (Å²) in [7, 11) is -3.60. The summed E-state index contributed by atoms with van der Waals surface area (Å²) < 4.78 is 29.2. The van der Waals surface area contributed by atoms with Crippen molar-refractivity contribution in [2.24, 2.45) is 5.92 Å². The van der Waals surface area contributed by atoms with Crippen LogP contribution in [0.15, 0.2) is 65.6 Å². The van der Waals surface area contributed by atoms with Gasteiger partial charge >= 0.3 is 0 Å². The molecule has 32 heavy (non-hydrogen) atoms. The third-order valence-electron chi connectivity index (χ3n) is 6.02. The molecule has 2 aromatic carbocycles. The zero-order valence-corrected chi connectivity index (χ0v) is 19.2. The standard InChI is InChI=1S/C24H28N4O3S/c1-18-23(19(2)28(26-18)21-11-5-3-6-12-21)16-25-24(29)20-10-9-15-27(17-20)32(30,31)22-13-7-4-8-14-22/h3-8,11-14,20H,9-10,15-17H2,1-2H3,(H,25,29). The van der Waals surface area contributed by atoms with Gasteiger partial charge in [0.25, 0.3) is 0 Å². The van der Waals surface area contributed by atoms with Gasteiger partial charge in [-0.2, -0.15) is 9.40 Å². The minimum absolute atomic E-state index is 0.121. The Labute approximate surface area is 189 Å². The molecule has 3 aromatic rings. The molecule has 1 atom stereocenters. The molecule has 1 aliphatic heterocycles. The van der Waals surface area contributed by atoms with Crippen molar-refractivity contribution in [3.8, 4) is 5.69 Å². The SMILES string of the molecule is Cc1nn(-c2ccccc2)c(C)c1CNC(=O)C1CCCN(S(=O)(=O)c2ccccc2)C1. The second kappa shape index (κ2) is 9.26. The number of nitrogens with one attached hydrogen (secondary N) is 1. The van der Waals surface area contributed by atoms with Crippen molar-refractivity contribution in [3.63, 3.8) is 0 Å². The van der Waals surface area contributed by atoms with Crippen molar-refractivity contribution in [2.45, 2.75) is 38.1 Å². The van der Waals surface area contributed by atoms with E-state index in [-0.39, 0.29) is 23.3 Å². The molecule has 0 radical (unpaired) electrons. The Morgan fingerprint density at radius 3 is 2.41 bits per heavy atom. The molecule has 1 amide bonds. The molecule has 1 fully saturated rings. The molecule has 1 saturated heterocycles. The summed E-state index contributed by atoms with van der Waals surface area (Å²) in [6.07, 6.45) is 1.34. The maximum atomic E-state index is 12.9.